The average molecular weight is 584 g/mol. The number of hydrogen-bond donors (Lipinski definition) is 2. The fourth-order valence-corrected chi connectivity index (χ4v) is 5.00. The Hall–Kier alpha value is -4.31. The van der Waals surface area contributed by atoms with Gasteiger partial charge in [0.05, 0.1) is 0 Å². The number of amides is 3. The molecule has 3 rings (SSSR count). The van der Waals surface area contributed by atoms with Gasteiger partial charge in [-0.3, -0.25) is 9.59 Å². The number of alkyl carbamates (subject to hydrolysis) is 1. The van der Waals surface area contributed by atoms with E-state index in [4.69, 9.17) is 11.2 Å². The topological polar surface area (TPSA) is 87.7 Å². The molecule has 0 aliphatic heterocycles. The zero-order valence-electron chi connectivity index (χ0n) is 26.3. The van der Waals surface area contributed by atoms with E-state index in [9.17, 15) is 14.4 Å². The van der Waals surface area contributed by atoms with Gasteiger partial charge in [-0.15, -0.1) is 6.42 Å². The molecule has 0 fully saturated rings. The minimum atomic E-state index is -1.03. The van der Waals surface area contributed by atoms with Crippen molar-refractivity contribution in [1.29, 1.82) is 0 Å². The normalized spacial score (nSPS) is 12.7. The third-order valence-corrected chi connectivity index (χ3v) is 7.13. The van der Waals surface area contributed by atoms with Crippen molar-refractivity contribution in [2.24, 2.45) is 5.92 Å². The molecule has 3 aromatic carbocycles. The van der Waals surface area contributed by atoms with Gasteiger partial charge < -0.3 is 20.3 Å². The Kier molecular flexibility index (Phi) is 11.8. The Morgan fingerprint density at radius 2 is 1.60 bits per heavy atom. The standard InChI is InChI=1S/C36H45N3O4/c1-8-10-11-16-23-39(34(41)31(25(3)4)38-35(42)43-36(5,6)7)32(30-20-15-14-17-26(30)9-2)33(40)37-29-22-21-27-18-12-13-19-28(27)24-29/h2,12-15,17-22,24-25,31-32H,8,10-11,16,23H2,1,3-7H3,(H,37,40)(H,38,42). The molecular weight excluding hydrogens is 538 g/mol. The number of hydrogen-bond acceptors (Lipinski definition) is 4. The predicted octanol–water partition coefficient (Wildman–Crippen LogP) is 7.46. The maximum atomic E-state index is 14.4. The SMILES string of the molecule is C#Cc1ccccc1C(C(=O)Nc1ccc2ccccc2c1)N(CCCCCC)C(=O)C(NC(=O)OC(C)(C)C)C(C)C. The molecule has 0 saturated heterocycles. The average Bonchev–Trinajstić information content (AvgIpc) is 2.96. The maximum Gasteiger partial charge on any atom is 0.408 e. The van der Waals surface area contributed by atoms with Crippen molar-refractivity contribution in [3.05, 3.63) is 77.9 Å². The van der Waals surface area contributed by atoms with Crippen molar-refractivity contribution >= 4 is 34.4 Å². The van der Waals surface area contributed by atoms with E-state index < -0.39 is 23.8 Å². The van der Waals surface area contributed by atoms with Crippen LogP contribution >= 0.6 is 0 Å². The highest BCUT2D eigenvalue weighted by molar-refractivity contribution is 6.00. The molecule has 0 aromatic heterocycles. The van der Waals surface area contributed by atoms with Gasteiger partial charge in [0.25, 0.3) is 5.91 Å². The minimum Gasteiger partial charge on any atom is -0.444 e. The number of ether oxygens (including phenoxy) is 1. The number of carbonyl (C=O) groups excluding carboxylic acids is 3. The second-order valence-corrected chi connectivity index (χ2v) is 12.1. The molecular formula is C36H45N3O4. The van der Waals surface area contributed by atoms with Crippen molar-refractivity contribution in [2.45, 2.75) is 84.9 Å². The molecule has 0 aliphatic carbocycles. The van der Waals surface area contributed by atoms with Crippen LogP contribution < -0.4 is 10.6 Å². The summed E-state index contributed by atoms with van der Waals surface area (Å²) in [5.74, 6) is 1.66. The fourth-order valence-electron chi connectivity index (χ4n) is 5.00. The van der Waals surface area contributed by atoms with Crippen LogP contribution in [-0.4, -0.2) is 41.0 Å². The first-order chi connectivity index (χ1) is 20.4. The quantitative estimate of drug-likeness (QED) is 0.171. The van der Waals surface area contributed by atoms with Crippen LogP contribution in [0.5, 0.6) is 0 Å². The van der Waals surface area contributed by atoms with Crippen LogP contribution in [0.4, 0.5) is 10.5 Å². The third-order valence-electron chi connectivity index (χ3n) is 7.13. The molecule has 3 aromatic rings. The Morgan fingerprint density at radius 1 is 0.930 bits per heavy atom. The lowest BCUT2D eigenvalue weighted by Crippen LogP contribution is -2.54. The summed E-state index contributed by atoms with van der Waals surface area (Å²) in [6.07, 6.45) is 8.81. The van der Waals surface area contributed by atoms with E-state index >= 15 is 0 Å². The van der Waals surface area contributed by atoms with Crippen molar-refractivity contribution in [1.82, 2.24) is 10.2 Å². The van der Waals surface area contributed by atoms with Gasteiger partial charge in [-0.25, -0.2) is 4.79 Å². The van der Waals surface area contributed by atoms with Gasteiger partial charge in [0.15, 0.2) is 0 Å². The Bertz CT molecular complexity index is 1450. The number of nitrogens with zero attached hydrogens (tertiary/aromatic N) is 1. The first-order valence-electron chi connectivity index (χ1n) is 15.1. The molecule has 2 atom stereocenters. The zero-order chi connectivity index (χ0) is 31.6. The summed E-state index contributed by atoms with van der Waals surface area (Å²) in [5.41, 5.74) is 0.945. The number of anilines is 1. The van der Waals surface area contributed by atoms with Gasteiger partial charge in [0.2, 0.25) is 5.91 Å². The summed E-state index contributed by atoms with van der Waals surface area (Å²) in [6.45, 7) is 11.4. The van der Waals surface area contributed by atoms with E-state index in [0.29, 0.717) is 29.8 Å². The van der Waals surface area contributed by atoms with Gasteiger partial charge in [0.1, 0.15) is 17.7 Å². The van der Waals surface area contributed by atoms with Gasteiger partial charge in [-0.1, -0.05) is 94.5 Å². The molecule has 7 heteroatoms. The molecule has 7 nitrogen and oxygen atoms in total. The number of terminal acetylenes is 1. The first-order valence-corrected chi connectivity index (χ1v) is 15.1. The minimum absolute atomic E-state index is 0.273. The summed E-state index contributed by atoms with van der Waals surface area (Å²) in [4.78, 5) is 43.1. The number of fused-ring (bicyclic) bond motifs is 1. The molecule has 0 bridgehead atoms. The van der Waals surface area contributed by atoms with E-state index in [1.807, 2.05) is 68.4 Å². The van der Waals surface area contributed by atoms with E-state index in [2.05, 4.69) is 23.5 Å². The summed E-state index contributed by atoms with van der Waals surface area (Å²) >= 11 is 0. The molecule has 0 heterocycles. The molecule has 43 heavy (non-hydrogen) atoms. The number of carbonyl (C=O) groups is 3. The van der Waals surface area contributed by atoms with Crippen LogP contribution in [0.25, 0.3) is 10.8 Å². The first kappa shape index (κ1) is 33.2. The monoisotopic (exact) mass is 583 g/mol. The highest BCUT2D eigenvalue weighted by atomic mass is 16.6. The molecule has 2 N–H and O–H groups in total. The molecule has 0 saturated carbocycles. The van der Waals surface area contributed by atoms with Crippen LogP contribution in [0.1, 0.15) is 84.4 Å². The molecule has 0 radical (unpaired) electrons. The Morgan fingerprint density at radius 3 is 2.26 bits per heavy atom. The predicted molar refractivity (Wildman–Crippen MR) is 174 cm³/mol. The van der Waals surface area contributed by atoms with Crippen molar-refractivity contribution < 1.29 is 19.1 Å². The van der Waals surface area contributed by atoms with Crippen LogP contribution in [0.15, 0.2) is 66.7 Å². The molecule has 3 amide bonds. The second kappa shape index (κ2) is 15.2. The molecule has 2 unspecified atom stereocenters. The van der Waals surface area contributed by atoms with Crippen molar-refractivity contribution in [2.75, 3.05) is 11.9 Å². The highest BCUT2D eigenvalue weighted by Crippen LogP contribution is 2.29. The Labute approximate surface area is 256 Å². The smallest absolute Gasteiger partial charge is 0.408 e. The lowest BCUT2D eigenvalue weighted by atomic mass is 9.95. The lowest BCUT2D eigenvalue weighted by Gasteiger charge is -2.36. The van der Waals surface area contributed by atoms with Crippen LogP contribution in [0.2, 0.25) is 0 Å². The largest absolute Gasteiger partial charge is 0.444 e. The Balaban J connectivity index is 2.07. The number of nitrogens with one attached hydrogen (secondary N) is 2. The van der Waals surface area contributed by atoms with E-state index in [1.54, 1.807) is 37.8 Å². The van der Waals surface area contributed by atoms with E-state index in [1.165, 1.54) is 0 Å². The summed E-state index contributed by atoms with van der Waals surface area (Å²) < 4.78 is 5.48. The summed E-state index contributed by atoms with van der Waals surface area (Å²) in [5, 5.41) is 7.85. The van der Waals surface area contributed by atoms with Crippen molar-refractivity contribution in [3.63, 3.8) is 0 Å². The second-order valence-electron chi connectivity index (χ2n) is 12.1. The van der Waals surface area contributed by atoms with Crippen LogP contribution in [-0.2, 0) is 14.3 Å². The molecule has 228 valence electrons. The summed E-state index contributed by atoms with van der Waals surface area (Å²) in [7, 11) is 0. The van der Waals surface area contributed by atoms with E-state index in [0.717, 1.165) is 30.0 Å². The van der Waals surface area contributed by atoms with Gasteiger partial charge in [-0.2, -0.15) is 0 Å². The maximum absolute atomic E-state index is 14.4. The highest BCUT2D eigenvalue weighted by Gasteiger charge is 2.38. The van der Waals surface area contributed by atoms with Crippen LogP contribution in [0.3, 0.4) is 0 Å². The summed E-state index contributed by atoms with van der Waals surface area (Å²) in [6, 6.07) is 18.8. The van der Waals surface area contributed by atoms with Gasteiger partial charge in [-0.05, 0) is 67.6 Å². The van der Waals surface area contributed by atoms with Gasteiger partial charge >= 0.3 is 6.09 Å². The number of unbranched alkanes of at least 4 members (excludes halogenated alkanes) is 3. The molecule has 0 spiro atoms. The zero-order valence-corrected chi connectivity index (χ0v) is 26.3. The fraction of sp³-hybridized carbons (Fsp3) is 0.417. The number of benzene rings is 3. The number of rotatable bonds is 12. The lowest BCUT2D eigenvalue weighted by molar-refractivity contribution is -0.141. The van der Waals surface area contributed by atoms with Crippen LogP contribution in [0, 0.1) is 18.3 Å². The molecule has 0 aliphatic rings. The van der Waals surface area contributed by atoms with E-state index in [-0.39, 0.29) is 17.7 Å². The third kappa shape index (κ3) is 9.34. The van der Waals surface area contributed by atoms with Gasteiger partial charge in [0, 0.05) is 17.8 Å². The van der Waals surface area contributed by atoms with Crippen molar-refractivity contribution in [3.8, 4) is 12.3 Å².